The molecule has 0 saturated carbocycles. The predicted octanol–water partition coefficient (Wildman–Crippen LogP) is -2.86. The monoisotopic (exact) mass is 218 g/mol. The van der Waals surface area contributed by atoms with E-state index in [-0.39, 0.29) is 66.2 Å². The van der Waals surface area contributed by atoms with E-state index in [0.717, 1.165) is 0 Å². The van der Waals surface area contributed by atoms with Gasteiger partial charge in [-0.2, -0.15) is 0 Å². The van der Waals surface area contributed by atoms with Gasteiger partial charge in [-0.1, -0.05) is 0 Å². The quantitative estimate of drug-likeness (QED) is 0.409. The van der Waals surface area contributed by atoms with Gasteiger partial charge in [0.05, 0.1) is 6.61 Å². The summed E-state index contributed by atoms with van der Waals surface area (Å²) in [7, 11) is 0. The minimum Gasteiger partial charge on any atom is -1.00 e. The molecule has 0 amide bonds. The van der Waals surface area contributed by atoms with E-state index in [4.69, 9.17) is 5.11 Å². The van der Waals surface area contributed by atoms with Gasteiger partial charge in [0.1, 0.15) is 6.42 Å². The number of carboxylic acids is 1. The molecule has 0 saturated heterocycles. The van der Waals surface area contributed by atoms with E-state index in [9.17, 15) is 9.59 Å². The van der Waals surface area contributed by atoms with Gasteiger partial charge in [0, 0.05) is 0 Å². The number of carbonyl (C=O) groups excluding carboxylic acids is 1. The number of aliphatic carboxylic acids is 1. The zero-order valence-corrected chi connectivity index (χ0v) is 11.0. The number of hydrogen-bond donors (Lipinski definition) is 1. The Balaban J connectivity index is -0.000000320. The van der Waals surface area contributed by atoms with Crippen molar-refractivity contribution in [2.24, 2.45) is 0 Å². The van der Waals surface area contributed by atoms with Crippen molar-refractivity contribution in [1.29, 1.82) is 0 Å². The van der Waals surface area contributed by atoms with Crippen LogP contribution in [0.5, 0.6) is 0 Å². The van der Waals surface area contributed by atoms with Crippen molar-refractivity contribution in [1.82, 2.24) is 0 Å². The van der Waals surface area contributed by atoms with Crippen molar-refractivity contribution in [2.45, 2.75) is 13.3 Å². The Labute approximate surface area is 109 Å². The van der Waals surface area contributed by atoms with Gasteiger partial charge >= 0.3 is 70.1 Å². The molecule has 0 heterocycles. The number of carboxylic acid groups (broad SMARTS) is 1. The van der Waals surface area contributed by atoms with Crippen LogP contribution >= 0.6 is 0 Å². The molecule has 0 radical (unpaired) electrons. The third-order valence-electron chi connectivity index (χ3n) is 0.601. The van der Waals surface area contributed by atoms with Crippen LogP contribution in [0.25, 0.3) is 0 Å². The summed E-state index contributed by atoms with van der Waals surface area (Å²) < 4.78 is 4.33. The van der Waals surface area contributed by atoms with Gasteiger partial charge in [-0.15, -0.1) is 0 Å². The molecular formula is C5H9O4Rb. The molecular weight excluding hydrogens is 210 g/mol. The van der Waals surface area contributed by atoms with Crippen molar-refractivity contribution in [3.05, 3.63) is 0 Å². The normalized spacial score (nSPS) is 7.70. The van der Waals surface area contributed by atoms with Gasteiger partial charge in [-0.25, -0.2) is 0 Å². The van der Waals surface area contributed by atoms with Gasteiger partial charge in [-0.3, -0.25) is 9.59 Å². The first-order valence-electron chi connectivity index (χ1n) is 2.54. The van der Waals surface area contributed by atoms with Crippen LogP contribution in [0.1, 0.15) is 14.8 Å². The molecule has 5 heteroatoms. The van der Waals surface area contributed by atoms with Crippen molar-refractivity contribution in [3.8, 4) is 0 Å². The van der Waals surface area contributed by atoms with E-state index >= 15 is 0 Å². The molecule has 0 bridgehead atoms. The Bertz CT molecular complexity index is 128. The van der Waals surface area contributed by atoms with E-state index in [0.29, 0.717) is 0 Å². The molecule has 0 aromatic rings. The van der Waals surface area contributed by atoms with Crippen LogP contribution in [0.2, 0.25) is 0 Å². The molecule has 0 aromatic carbocycles. The van der Waals surface area contributed by atoms with Gasteiger partial charge in [-0.05, 0) is 6.92 Å². The second-order valence-corrected chi connectivity index (χ2v) is 1.38. The molecule has 0 spiro atoms. The SMILES string of the molecule is CCOC(=O)CC(=O)O.[H-].[Rb+]. The Morgan fingerprint density at radius 3 is 2.40 bits per heavy atom. The molecule has 54 valence electrons. The zero-order chi connectivity index (χ0) is 7.28. The Kier molecular flexibility index (Phi) is 10.5. The average molecular weight is 219 g/mol. The molecule has 0 aliphatic rings. The van der Waals surface area contributed by atoms with Crippen LogP contribution in [0.4, 0.5) is 0 Å². The molecule has 0 fully saturated rings. The number of esters is 1. The molecule has 0 aromatic heterocycles. The number of hydrogen-bond acceptors (Lipinski definition) is 3. The minimum atomic E-state index is -1.16. The topological polar surface area (TPSA) is 63.6 Å². The summed E-state index contributed by atoms with van der Waals surface area (Å²) in [4.78, 5) is 20.0. The molecule has 0 atom stereocenters. The van der Waals surface area contributed by atoms with Crippen LogP contribution in [0, 0.1) is 0 Å². The number of ether oxygens (including phenoxy) is 1. The molecule has 10 heavy (non-hydrogen) atoms. The van der Waals surface area contributed by atoms with Crippen molar-refractivity contribution < 1.29 is 79.0 Å². The molecule has 0 aliphatic heterocycles. The number of rotatable bonds is 3. The van der Waals surface area contributed by atoms with E-state index in [2.05, 4.69) is 4.74 Å². The zero-order valence-electron chi connectivity index (χ0n) is 7.09. The summed E-state index contributed by atoms with van der Waals surface area (Å²) >= 11 is 0. The van der Waals surface area contributed by atoms with Crippen molar-refractivity contribution in [2.75, 3.05) is 6.61 Å². The summed E-state index contributed by atoms with van der Waals surface area (Å²) in [6.45, 7) is 1.85. The Morgan fingerprint density at radius 2 is 2.10 bits per heavy atom. The van der Waals surface area contributed by atoms with Crippen LogP contribution in [-0.2, 0) is 14.3 Å². The summed E-state index contributed by atoms with van der Waals surface area (Å²) in [6, 6.07) is 0. The van der Waals surface area contributed by atoms with Crippen molar-refractivity contribution in [3.63, 3.8) is 0 Å². The van der Waals surface area contributed by atoms with Gasteiger partial charge in [0.2, 0.25) is 0 Å². The molecule has 0 unspecified atom stereocenters. The van der Waals surface area contributed by atoms with Crippen LogP contribution < -0.4 is 58.2 Å². The summed E-state index contributed by atoms with van der Waals surface area (Å²) in [5.41, 5.74) is 0. The summed E-state index contributed by atoms with van der Waals surface area (Å²) in [5, 5.41) is 8.01. The molecule has 4 nitrogen and oxygen atoms in total. The Morgan fingerprint density at radius 1 is 1.60 bits per heavy atom. The summed E-state index contributed by atoms with van der Waals surface area (Å²) in [6.07, 6.45) is -0.548. The molecule has 0 rings (SSSR count). The van der Waals surface area contributed by atoms with Crippen molar-refractivity contribution >= 4 is 11.9 Å². The van der Waals surface area contributed by atoms with Gasteiger partial charge in [0.15, 0.2) is 0 Å². The first-order chi connectivity index (χ1) is 4.16. The van der Waals surface area contributed by atoms with Gasteiger partial charge < -0.3 is 11.3 Å². The first-order valence-corrected chi connectivity index (χ1v) is 2.54. The van der Waals surface area contributed by atoms with Crippen LogP contribution in [0.3, 0.4) is 0 Å². The van der Waals surface area contributed by atoms with Crippen LogP contribution in [0.15, 0.2) is 0 Å². The third kappa shape index (κ3) is 8.75. The largest absolute Gasteiger partial charge is 1.00 e. The second-order valence-electron chi connectivity index (χ2n) is 1.38. The fraction of sp³-hybridized carbons (Fsp3) is 0.600. The van der Waals surface area contributed by atoms with E-state index in [1.165, 1.54) is 0 Å². The third-order valence-corrected chi connectivity index (χ3v) is 0.601. The maximum absolute atomic E-state index is 10.3. The standard InChI is InChI=1S/C5H8O4.Rb.H/c1-2-9-5(8)3-4(6)7;;/h2-3H2,1H3,(H,6,7);;/q;+1;-1. The molecule has 1 N–H and O–H groups in total. The fourth-order valence-corrected chi connectivity index (χ4v) is 0.335. The minimum absolute atomic E-state index is 0. The first kappa shape index (κ1) is 13.3. The fourth-order valence-electron chi connectivity index (χ4n) is 0.335. The Hall–Kier alpha value is 0.745. The van der Waals surface area contributed by atoms with Gasteiger partial charge in [0.25, 0.3) is 0 Å². The van der Waals surface area contributed by atoms with Crippen LogP contribution in [-0.4, -0.2) is 23.7 Å². The molecule has 0 aliphatic carbocycles. The average Bonchev–Trinajstić information content (AvgIpc) is 1.63. The predicted molar refractivity (Wildman–Crippen MR) is 30.0 cm³/mol. The maximum Gasteiger partial charge on any atom is 1.00 e. The smallest absolute Gasteiger partial charge is 1.00 e. The second kappa shape index (κ2) is 7.85. The summed E-state index contributed by atoms with van der Waals surface area (Å²) in [5.74, 6) is -1.85. The van der Waals surface area contributed by atoms with E-state index < -0.39 is 18.4 Å². The number of carbonyl (C=O) groups is 2. The maximum atomic E-state index is 10.3. The van der Waals surface area contributed by atoms with E-state index in [1.54, 1.807) is 6.92 Å². The van der Waals surface area contributed by atoms with E-state index in [1.807, 2.05) is 0 Å².